The summed E-state index contributed by atoms with van der Waals surface area (Å²) in [6.07, 6.45) is 2.41. The molecule has 1 fully saturated rings. The molecule has 17 heavy (non-hydrogen) atoms. The van der Waals surface area contributed by atoms with Crippen LogP contribution in [0, 0.1) is 10.1 Å². The molecular weight excluding hydrogens is 236 g/mol. The fraction of sp³-hybridized carbons (Fsp3) is 0.500. The van der Waals surface area contributed by atoms with E-state index in [9.17, 15) is 10.1 Å². The van der Waals surface area contributed by atoms with Crippen LogP contribution in [0.3, 0.4) is 0 Å². The van der Waals surface area contributed by atoms with Crippen LogP contribution in [0.1, 0.15) is 19.8 Å². The summed E-state index contributed by atoms with van der Waals surface area (Å²) in [7, 11) is 0. The molecular formula is C12H16N2O2S. The number of hydrogen-bond donors (Lipinski definition) is 1. The van der Waals surface area contributed by atoms with Crippen molar-refractivity contribution >= 4 is 23.1 Å². The molecule has 1 aliphatic heterocycles. The molecule has 1 aromatic rings. The average molecular weight is 252 g/mol. The fourth-order valence-electron chi connectivity index (χ4n) is 2.01. The molecule has 1 heterocycles. The van der Waals surface area contributed by atoms with E-state index in [0.717, 1.165) is 5.69 Å². The lowest BCUT2D eigenvalue weighted by Gasteiger charge is -2.29. The van der Waals surface area contributed by atoms with Crippen molar-refractivity contribution in [3.63, 3.8) is 0 Å². The van der Waals surface area contributed by atoms with Gasteiger partial charge in [0.2, 0.25) is 0 Å². The Labute approximate surface area is 105 Å². The second kappa shape index (κ2) is 5.40. The number of thioether (sulfide) groups is 1. The SMILES string of the molecule is CC1SCCCC1Nc1ccc([N+](=O)[O-])cc1. The van der Waals surface area contributed by atoms with Crippen LogP contribution in [0.5, 0.6) is 0 Å². The average Bonchev–Trinajstić information content (AvgIpc) is 2.33. The summed E-state index contributed by atoms with van der Waals surface area (Å²) in [5, 5.41) is 14.6. The molecule has 0 amide bonds. The minimum absolute atomic E-state index is 0.140. The van der Waals surface area contributed by atoms with Gasteiger partial charge < -0.3 is 5.32 Å². The Bertz CT molecular complexity index is 394. The summed E-state index contributed by atoms with van der Waals surface area (Å²) in [6, 6.07) is 7.12. The molecule has 0 saturated carbocycles. The van der Waals surface area contributed by atoms with E-state index in [4.69, 9.17) is 0 Å². The zero-order valence-corrected chi connectivity index (χ0v) is 10.6. The summed E-state index contributed by atoms with van der Waals surface area (Å²) in [5.41, 5.74) is 1.11. The van der Waals surface area contributed by atoms with Crippen molar-refractivity contribution in [3.8, 4) is 0 Å². The first-order valence-electron chi connectivity index (χ1n) is 5.79. The topological polar surface area (TPSA) is 55.2 Å². The van der Waals surface area contributed by atoms with E-state index in [2.05, 4.69) is 12.2 Å². The number of benzene rings is 1. The molecule has 2 unspecified atom stereocenters. The molecule has 1 aromatic carbocycles. The minimum atomic E-state index is -0.372. The number of hydrogen-bond acceptors (Lipinski definition) is 4. The highest BCUT2D eigenvalue weighted by Crippen LogP contribution is 2.28. The number of nitro benzene ring substituents is 1. The molecule has 1 saturated heterocycles. The Hall–Kier alpha value is -1.23. The van der Waals surface area contributed by atoms with Crippen LogP contribution in [0.25, 0.3) is 0 Å². The lowest BCUT2D eigenvalue weighted by atomic mass is 10.1. The summed E-state index contributed by atoms with van der Waals surface area (Å²) in [4.78, 5) is 10.2. The number of anilines is 1. The van der Waals surface area contributed by atoms with Crippen LogP contribution in [-0.2, 0) is 0 Å². The van der Waals surface area contributed by atoms with Crippen LogP contribution in [0.4, 0.5) is 11.4 Å². The number of nitro groups is 1. The number of nitrogens with one attached hydrogen (secondary N) is 1. The molecule has 1 aliphatic rings. The normalized spacial score (nSPS) is 24.3. The summed E-state index contributed by atoms with van der Waals surface area (Å²) >= 11 is 1.98. The van der Waals surface area contributed by atoms with E-state index < -0.39 is 0 Å². The summed E-state index contributed by atoms with van der Waals surface area (Å²) < 4.78 is 0. The van der Waals surface area contributed by atoms with Gasteiger partial charge in [-0.1, -0.05) is 6.92 Å². The number of rotatable bonds is 3. The monoisotopic (exact) mass is 252 g/mol. The third kappa shape index (κ3) is 3.12. The van der Waals surface area contributed by atoms with Gasteiger partial charge >= 0.3 is 0 Å². The van der Waals surface area contributed by atoms with Gasteiger partial charge in [0.1, 0.15) is 0 Å². The van der Waals surface area contributed by atoms with E-state index in [1.165, 1.54) is 18.6 Å². The molecule has 2 atom stereocenters. The van der Waals surface area contributed by atoms with Crippen LogP contribution in [-0.4, -0.2) is 22.0 Å². The molecule has 0 bridgehead atoms. The predicted octanol–water partition coefficient (Wildman–Crippen LogP) is 3.29. The molecule has 5 heteroatoms. The van der Waals surface area contributed by atoms with E-state index in [1.54, 1.807) is 24.3 Å². The first-order chi connectivity index (χ1) is 8.16. The van der Waals surface area contributed by atoms with Crippen molar-refractivity contribution in [2.75, 3.05) is 11.1 Å². The minimum Gasteiger partial charge on any atom is -0.381 e. The molecule has 1 N–H and O–H groups in total. The van der Waals surface area contributed by atoms with Crippen molar-refractivity contribution in [1.29, 1.82) is 0 Å². The smallest absolute Gasteiger partial charge is 0.269 e. The molecule has 92 valence electrons. The maximum atomic E-state index is 10.5. The zero-order chi connectivity index (χ0) is 12.3. The van der Waals surface area contributed by atoms with Gasteiger partial charge in [0.15, 0.2) is 0 Å². The molecule has 4 nitrogen and oxygen atoms in total. The Balaban J connectivity index is 2.00. The van der Waals surface area contributed by atoms with Gasteiger partial charge in [-0.15, -0.1) is 0 Å². The standard InChI is InChI=1S/C12H16N2O2S/c1-9-12(3-2-8-17-9)13-10-4-6-11(7-5-10)14(15)16/h4-7,9,12-13H,2-3,8H2,1H3. The summed E-state index contributed by atoms with van der Waals surface area (Å²) in [5.74, 6) is 1.24. The number of nitrogens with zero attached hydrogens (tertiary/aromatic N) is 1. The van der Waals surface area contributed by atoms with Crippen molar-refractivity contribution in [3.05, 3.63) is 34.4 Å². The first kappa shape index (κ1) is 12.2. The van der Waals surface area contributed by atoms with Gasteiger partial charge in [-0.25, -0.2) is 0 Å². The molecule has 0 aromatic heterocycles. The van der Waals surface area contributed by atoms with Crippen LogP contribution in [0.15, 0.2) is 24.3 Å². The van der Waals surface area contributed by atoms with Gasteiger partial charge in [-0.2, -0.15) is 11.8 Å². The zero-order valence-electron chi connectivity index (χ0n) is 9.76. The molecule has 0 spiro atoms. The van der Waals surface area contributed by atoms with E-state index in [-0.39, 0.29) is 10.6 Å². The third-order valence-corrected chi connectivity index (χ3v) is 4.42. The van der Waals surface area contributed by atoms with Crippen molar-refractivity contribution in [2.24, 2.45) is 0 Å². The molecule has 2 rings (SSSR count). The molecule has 0 radical (unpaired) electrons. The summed E-state index contributed by atoms with van der Waals surface area (Å²) in [6.45, 7) is 2.23. The van der Waals surface area contributed by atoms with Crippen molar-refractivity contribution in [1.82, 2.24) is 0 Å². The Morgan fingerprint density at radius 2 is 2.12 bits per heavy atom. The maximum absolute atomic E-state index is 10.5. The Kier molecular flexibility index (Phi) is 3.89. The maximum Gasteiger partial charge on any atom is 0.269 e. The fourth-order valence-corrected chi connectivity index (χ4v) is 3.15. The van der Waals surface area contributed by atoms with Gasteiger partial charge in [0.05, 0.1) is 4.92 Å². The number of non-ortho nitro benzene ring substituents is 1. The molecule has 0 aliphatic carbocycles. The van der Waals surface area contributed by atoms with Crippen LogP contribution >= 0.6 is 11.8 Å². The predicted molar refractivity (Wildman–Crippen MR) is 71.7 cm³/mol. The van der Waals surface area contributed by atoms with E-state index >= 15 is 0 Å². The largest absolute Gasteiger partial charge is 0.381 e. The highest BCUT2D eigenvalue weighted by molar-refractivity contribution is 8.00. The second-order valence-electron chi connectivity index (χ2n) is 4.27. The Morgan fingerprint density at radius 1 is 1.41 bits per heavy atom. The van der Waals surface area contributed by atoms with Gasteiger partial charge in [-0.3, -0.25) is 10.1 Å². The van der Waals surface area contributed by atoms with Gasteiger partial charge in [-0.05, 0) is 30.7 Å². The lowest BCUT2D eigenvalue weighted by molar-refractivity contribution is -0.384. The van der Waals surface area contributed by atoms with Gasteiger partial charge in [0, 0.05) is 29.1 Å². The highest BCUT2D eigenvalue weighted by Gasteiger charge is 2.21. The van der Waals surface area contributed by atoms with Gasteiger partial charge in [0.25, 0.3) is 5.69 Å². The van der Waals surface area contributed by atoms with Crippen molar-refractivity contribution in [2.45, 2.75) is 31.1 Å². The van der Waals surface area contributed by atoms with Crippen molar-refractivity contribution < 1.29 is 4.92 Å². The second-order valence-corrected chi connectivity index (χ2v) is 5.76. The lowest BCUT2D eigenvalue weighted by Crippen LogP contribution is -2.32. The highest BCUT2D eigenvalue weighted by atomic mass is 32.2. The first-order valence-corrected chi connectivity index (χ1v) is 6.84. The van der Waals surface area contributed by atoms with E-state index in [1.807, 2.05) is 11.8 Å². The third-order valence-electron chi connectivity index (χ3n) is 3.04. The van der Waals surface area contributed by atoms with Crippen LogP contribution < -0.4 is 5.32 Å². The Morgan fingerprint density at radius 3 is 2.71 bits per heavy atom. The quantitative estimate of drug-likeness (QED) is 0.662. The van der Waals surface area contributed by atoms with Crippen LogP contribution in [0.2, 0.25) is 0 Å². The van der Waals surface area contributed by atoms with E-state index in [0.29, 0.717) is 11.3 Å².